The average Bonchev–Trinajstić information content (AvgIpc) is 2.63. The zero-order valence-electron chi connectivity index (χ0n) is 12.1. The fourth-order valence-electron chi connectivity index (χ4n) is 3.27. The van der Waals surface area contributed by atoms with Crippen LogP contribution in [0.4, 0.5) is 0 Å². The Balaban J connectivity index is 1.85. The number of hydrogen-bond donors (Lipinski definition) is 1. The van der Waals surface area contributed by atoms with E-state index in [4.69, 9.17) is 10.5 Å². The van der Waals surface area contributed by atoms with Gasteiger partial charge in [0.15, 0.2) is 0 Å². The number of carbonyl (C=O) groups excluding carboxylic acids is 1. The predicted molar refractivity (Wildman–Crippen MR) is 75.8 cm³/mol. The second-order valence-electron chi connectivity index (χ2n) is 6.12. The summed E-state index contributed by atoms with van der Waals surface area (Å²) in [5.74, 6) is 0.250. The lowest BCUT2D eigenvalue weighted by atomic mass is 9.94. The van der Waals surface area contributed by atoms with Crippen LogP contribution in [-0.4, -0.2) is 43.2 Å². The van der Waals surface area contributed by atoms with E-state index in [-0.39, 0.29) is 24.0 Å². The number of nitrogens with zero attached hydrogens (tertiary/aromatic N) is 1. The Morgan fingerprint density at radius 2 is 1.89 bits per heavy atom. The smallest absolute Gasteiger partial charge is 0.227 e. The van der Waals surface area contributed by atoms with E-state index < -0.39 is 0 Å². The van der Waals surface area contributed by atoms with Gasteiger partial charge in [-0.05, 0) is 32.1 Å². The third kappa shape index (κ3) is 4.18. The average molecular weight is 268 g/mol. The quantitative estimate of drug-likeness (QED) is 0.796. The number of hydrogen-bond acceptors (Lipinski definition) is 3. The monoisotopic (exact) mass is 268 g/mol. The molecule has 0 aromatic carbocycles. The van der Waals surface area contributed by atoms with Crippen molar-refractivity contribution in [2.75, 3.05) is 20.2 Å². The highest BCUT2D eigenvalue weighted by Gasteiger charge is 2.30. The Bertz CT molecular complexity index is 290. The van der Waals surface area contributed by atoms with Gasteiger partial charge in [-0.2, -0.15) is 0 Å². The van der Waals surface area contributed by atoms with Gasteiger partial charge < -0.3 is 15.4 Å². The Labute approximate surface area is 116 Å². The predicted octanol–water partition coefficient (Wildman–Crippen LogP) is 1.92. The van der Waals surface area contributed by atoms with Crippen molar-refractivity contribution in [3.8, 4) is 0 Å². The largest absolute Gasteiger partial charge is 0.376 e. The van der Waals surface area contributed by atoms with Crippen molar-refractivity contribution in [3.05, 3.63) is 0 Å². The van der Waals surface area contributed by atoms with E-state index in [9.17, 15) is 4.79 Å². The van der Waals surface area contributed by atoms with Crippen LogP contribution >= 0.6 is 0 Å². The van der Waals surface area contributed by atoms with Gasteiger partial charge in [-0.15, -0.1) is 0 Å². The molecule has 3 atom stereocenters. The van der Waals surface area contributed by atoms with E-state index in [2.05, 4.69) is 0 Å². The number of rotatable bonds is 3. The fraction of sp³-hybridized carbons (Fsp3) is 0.933. The van der Waals surface area contributed by atoms with Gasteiger partial charge in [0, 0.05) is 26.2 Å². The van der Waals surface area contributed by atoms with Crippen molar-refractivity contribution < 1.29 is 9.53 Å². The molecule has 1 aliphatic carbocycles. The van der Waals surface area contributed by atoms with Crippen LogP contribution in [0.3, 0.4) is 0 Å². The van der Waals surface area contributed by atoms with Gasteiger partial charge in [0.05, 0.1) is 12.0 Å². The topological polar surface area (TPSA) is 55.6 Å². The summed E-state index contributed by atoms with van der Waals surface area (Å²) < 4.78 is 5.71. The number of carbonyl (C=O) groups is 1. The maximum Gasteiger partial charge on any atom is 0.227 e. The summed E-state index contributed by atoms with van der Waals surface area (Å²) in [4.78, 5) is 14.4. The normalized spacial score (nSPS) is 32.6. The molecule has 0 spiro atoms. The third-order valence-corrected chi connectivity index (χ3v) is 4.51. The van der Waals surface area contributed by atoms with E-state index in [1.807, 2.05) is 11.9 Å². The molecule has 2 rings (SSSR count). The third-order valence-electron chi connectivity index (χ3n) is 4.51. The molecule has 0 bridgehead atoms. The molecule has 4 nitrogen and oxygen atoms in total. The Morgan fingerprint density at radius 1 is 1.16 bits per heavy atom. The summed E-state index contributed by atoms with van der Waals surface area (Å²) in [6.07, 6.45) is 9.14. The first-order valence-corrected chi connectivity index (χ1v) is 7.80. The molecule has 19 heavy (non-hydrogen) atoms. The van der Waals surface area contributed by atoms with Gasteiger partial charge >= 0.3 is 0 Å². The van der Waals surface area contributed by atoms with Gasteiger partial charge in [0.25, 0.3) is 0 Å². The van der Waals surface area contributed by atoms with Gasteiger partial charge in [-0.1, -0.05) is 19.3 Å². The molecule has 0 aromatic heterocycles. The molecular weight excluding hydrogens is 240 g/mol. The van der Waals surface area contributed by atoms with Gasteiger partial charge in [-0.3, -0.25) is 4.79 Å². The van der Waals surface area contributed by atoms with E-state index in [1.54, 1.807) is 0 Å². The molecule has 0 unspecified atom stereocenters. The minimum atomic E-state index is 0.0242. The van der Waals surface area contributed by atoms with Crippen molar-refractivity contribution in [1.29, 1.82) is 0 Å². The molecule has 1 heterocycles. The number of ether oxygens (including phenoxy) is 1. The lowest BCUT2D eigenvalue weighted by Crippen LogP contribution is -2.45. The van der Waals surface area contributed by atoms with Crippen LogP contribution < -0.4 is 5.73 Å². The maximum absolute atomic E-state index is 12.5. The summed E-state index contributed by atoms with van der Waals surface area (Å²) in [5.41, 5.74) is 6.17. The molecule has 2 aliphatic rings. The van der Waals surface area contributed by atoms with Crippen molar-refractivity contribution in [2.24, 2.45) is 11.7 Å². The first-order chi connectivity index (χ1) is 9.18. The molecule has 0 aromatic rings. The summed E-state index contributed by atoms with van der Waals surface area (Å²) in [6.45, 7) is 1.57. The molecule has 1 amide bonds. The Morgan fingerprint density at radius 3 is 2.63 bits per heavy atom. The zero-order chi connectivity index (χ0) is 13.7. The van der Waals surface area contributed by atoms with Crippen molar-refractivity contribution in [3.63, 3.8) is 0 Å². The molecule has 1 aliphatic heterocycles. The first kappa shape index (κ1) is 14.8. The lowest BCUT2D eigenvalue weighted by Gasteiger charge is -2.31. The summed E-state index contributed by atoms with van der Waals surface area (Å²) >= 11 is 0. The molecular formula is C15H28N2O2. The summed E-state index contributed by atoms with van der Waals surface area (Å²) in [5, 5.41) is 0. The molecule has 4 heteroatoms. The van der Waals surface area contributed by atoms with Crippen LogP contribution in [0.2, 0.25) is 0 Å². The van der Waals surface area contributed by atoms with Crippen LogP contribution in [-0.2, 0) is 9.53 Å². The molecule has 2 N–H and O–H groups in total. The minimum absolute atomic E-state index is 0.0242. The van der Waals surface area contributed by atoms with Crippen molar-refractivity contribution in [1.82, 2.24) is 4.90 Å². The standard InChI is InChI=1S/C15H28N2O2/c1-17(11-12-7-5-6-10-19-12)15(18)13-8-3-2-4-9-14(13)16/h12-14H,2-11,16H2,1H3/t12-,13+,14-/m0/s1. The highest BCUT2D eigenvalue weighted by Crippen LogP contribution is 2.24. The molecule has 1 saturated heterocycles. The van der Waals surface area contributed by atoms with Gasteiger partial charge in [0.1, 0.15) is 0 Å². The summed E-state index contributed by atoms with van der Waals surface area (Å²) in [7, 11) is 1.90. The lowest BCUT2D eigenvalue weighted by molar-refractivity contribution is -0.137. The fourth-order valence-corrected chi connectivity index (χ4v) is 3.27. The maximum atomic E-state index is 12.5. The van der Waals surface area contributed by atoms with Crippen LogP contribution in [0.25, 0.3) is 0 Å². The van der Waals surface area contributed by atoms with Crippen molar-refractivity contribution in [2.45, 2.75) is 63.5 Å². The van der Waals surface area contributed by atoms with Gasteiger partial charge in [0.2, 0.25) is 5.91 Å². The highest BCUT2D eigenvalue weighted by atomic mass is 16.5. The van der Waals surface area contributed by atoms with E-state index in [0.717, 1.165) is 45.3 Å². The van der Waals surface area contributed by atoms with Crippen molar-refractivity contribution >= 4 is 5.91 Å². The molecule has 1 saturated carbocycles. The van der Waals surface area contributed by atoms with E-state index in [0.29, 0.717) is 0 Å². The van der Waals surface area contributed by atoms with Crippen LogP contribution in [0.5, 0.6) is 0 Å². The van der Waals surface area contributed by atoms with Gasteiger partial charge in [-0.25, -0.2) is 0 Å². The Hall–Kier alpha value is -0.610. The second-order valence-corrected chi connectivity index (χ2v) is 6.12. The number of amides is 1. The molecule has 0 radical (unpaired) electrons. The number of likely N-dealkylation sites (N-methyl/N-ethyl adjacent to an activating group) is 1. The van der Waals surface area contributed by atoms with E-state index in [1.165, 1.54) is 19.3 Å². The van der Waals surface area contributed by atoms with Crippen LogP contribution in [0, 0.1) is 5.92 Å². The summed E-state index contributed by atoms with van der Waals surface area (Å²) in [6, 6.07) is 0.0460. The molecule has 110 valence electrons. The number of nitrogens with two attached hydrogens (primary N) is 1. The Kier molecular flexibility index (Phi) is 5.64. The van der Waals surface area contributed by atoms with Crippen LogP contribution in [0.15, 0.2) is 0 Å². The first-order valence-electron chi connectivity index (χ1n) is 7.80. The van der Waals surface area contributed by atoms with Crippen LogP contribution in [0.1, 0.15) is 51.4 Å². The minimum Gasteiger partial charge on any atom is -0.376 e. The zero-order valence-corrected chi connectivity index (χ0v) is 12.1. The SMILES string of the molecule is CN(C[C@@H]1CCCCO1)C(=O)[C@@H]1CCCCC[C@@H]1N. The molecule has 2 fully saturated rings. The highest BCUT2D eigenvalue weighted by molar-refractivity contribution is 5.79. The second kappa shape index (κ2) is 7.25. The van der Waals surface area contributed by atoms with E-state index >= 15 is 0 Å².